The second kappa shape index (κ2) is 5.17. The maximum atomic E-state index is 10.6. The fourth-order valence-electron chi connectivity index (χ4n) is 2.91. The summed E-state index contributed by atoms with van der Waals surface area (Å²) in [7, 11) is 0. The minimum Gasteiger partial charge on any atom is -0.396 e. The summed E-state index contributed by atoms with van der Waals surface area (Å²) in [5.41, 5.74) is -0.142. The molecule has 0 radical (unpaired) electrons. The van der Waals surface area contributed by atoms with Crippen LogP contribution in [0.2, 0.25) is 0 Å². The van der Waals surface area contributed by atoms with Crippen LogP contribution in [0, 0.1) is 0 Å². The van der Waals surface area contributed by atoms with Gasteiger partial charge in [-0.25, -0.2) is 0 Å². The molecule has 1 fully saturated rings. The molecule has 0 heterocycles. The molecule has 94 valence electrons. The molecule has 17 heavy (non-hydrogen) atoms. The molecule has 3 heteroatoms. The van der Waals surface area contributed by atoms with Crippen molar-refractivity contribution in [2.24, 2.45) is 0 Å². The van der Waals surface area contributed by atoms with Gasteiger partial charge >= 0.3 is 0 Å². The molecule has 0 aromatic heterocycles. The molecule has 3 N–H and O–H groups in total. The van der Waals surface area contributed by atoms with E-state index in [2.05, 4.69) is 0 Å². The summed E-state index contributed by atoms with van der Waals surface area (Å²) in [4.78, 5) is 0. The highest BCUT2D eigenvalue weighted by molar-refractivity contribution is 5.24. The molecule has 1 aromatic rings. The summed E-state index contributed by atoms with van der Waals surface area (Å²) in [6.07, 6.45) is 1.87. The molecule has 0 bridgehead atoms. The molecule has 3 nitrogen and oxygen atoms in total. The van der Waals surface area contributed by atoms with E-state index in [1.54, 1.807) is 0 Å². The third-order valence-corrected chi connectivity index (χ3v) is 3.87. The number of rotatable bonds is 3. The van der Waals surface area contributed by atoms with E-state index in [1.807, 2.05) is 30.3 Å². The lowest BCUT2D eigenvalue weighted by atomic mass is 9.69. The van der Waals surface area contributed by atoms with Crippen LogP contribution in [-0.4, -0.2) is 33.6 Å². The number of benzene rings is 1. The van der Waals surface area contributed by atoms with Gasteiger partial charge in [0.2, 0.25) is 0 Å². The number of aliphatic hydroxyl groups excluding tert-OH is 2. The van der Waals surface area contributed by atoms with Crippen LogP contribution in [0.5, 0.6) is 0 Å². The fraction of sp³-hybridized carbons (Fsp3) is 0.571. The van der Waals surface area contributed by atoms with Crippen LogP contribution in [-0.2, 0) is 0 Å². The lowest BCUT2D eigenvalue weighted by molar-refractivity contribution is -0.124. The van der Waals surface area contributed by atoms with Crippen LogP contribution in [0.25, 0.3) is 0 Å². The van der Waals surface area contributed by atoms with Gasteiger partial charge in [0, 0.05) is 18.9 Å². The Hall–Kier alpha value is -0.900. The Morgan fingerprint density at radius 2 is 1.88 bits per heavy atom. The SMILES string of the molecule is OCC[C@@]1(O)C(O)CCC[C@H]1c1ccccc1. The fourth-order valence-corrected chi connectivity index (χ4v) is 2.91. The largest absolute Gasteiger partial charge is 0.396 e. The number of hydrogen-bond donors (Lipinski definition) is 3. The highest BCUT2D eigenvalue weighted by Gasteiger charge is 2.45. The van der Waals surface area contributed by atoms with E-state index >= 15 is 0 Å². The zero-order chi connectivity index (χ0) is 12.3. The monoisotopic (exact) mass is 236 g/mol. The van der Waals surface area contributed by atoms with Gasteiger partial charge in [-0.2, -0.15) is 0 Å². The molecule has 0 aliphatic heterocycles. The third-order valence-electron chi connectivity index (χ3n) is 3.87. The summed E-state index contributed by atoms with van der Waals surface area (Å²) in [6, 6.07) is 9.77. The summed E-state index contributed by atoms with van der Waals surface area (Å²) in [5, 5.41) is 29.8. The minimum absolute atomic E-state index is 0.0837. The first kappa shape index (κ1) is 12.6. The van der Waals surface area contributed by atoms with Gasteiger partial charge in [-0.3, -0.25) is 0 Å². The zero-order valence-electron chi connectivity index (χ0n) is 9.92. The van der Waals surface area contributed by atoms with Crippen molar-refractivity contribution in [2.75, 3.05) is 6.61 Å². The Labute approximate surface area is 102 Å². The van der Waals surface area contributed by atoms with Gasteiger partial charge in [0.25, 0.3) is 0 Å². The van der Waals surface area contributed by atoms with Crippen molar-refractivity contribution in [1.82, 2.24) is 0 Å². The van der Waals surface area contributed by atoms with Crippen molar-refractivity contribution in [2.45, 2.75) is 43.3 Å². The first-order chi connectivity index (χ1) is 8.18. The second-order valence-corrected chi connectivity index (χ2v) is 4.87. The van der Waals surface area contributed by atoms with E-state index in [0.717, 1.165) is 18.4 Å². The molecule has 0 saturated heterocycles. The first-order valence-electron chi connectivity index (χ1n) is 6.24. The standard InChI is InChI=1S/C14H20O3/c15-10-9-14(17)12(7-4-8-13(14)16)11-5-2-1-3-6-11/h1-3,5-6,12-13,15-17H,4,7-10H2/t12-,13?,14-/m0/s1. The molecule has 1 saturated carbocycles. The van der Waals surface area contributed by atoms with E-state index in [-0.39, 0.29) is 18.9 Å². The molecule has 1 aliphatic carbocycles. The van der Waals surface area contributed by atoms with Gasteiger partial charge in [-0.05, 0) is 18.4 Å². The Balaban J connectivity index is 2.30. The van der Waals surface area contributed by atoms with Crippen molar-refractivity contribution >= 4 is 0 Å². The summed E-state index contributed by atoms with van der Waals surface area (Å²) >= 11 is 0. The van der Waals surface area contributed by atoms with Gasteiger partial charge in [0.1, 0.15) is 0 Å². The van der Waals surface area contributed by atoms with E-state index in [1.165, 1.54) is 0 Å². The number of hydrogen-bond acceptors (Lipinski definition) is 3. The molecule has 1 unspecified atom stereocenters. The van der Waals surface area contributed by atoms with Crippen molar-refractivity contribution in [3.05, 3.63) is 35.9 Å². The predicted molar refractivity (Wildman–Crippen MR) is 65.7 cm³/mol. The van der Waals surface area contributed by atoms with Gasteiger partial charge in [0.15, 0.2) is 0 Å². The highest BCUT2D eigenvalue weighted by Crippen LogP contribution is 2.42. The minimum atomic E-state index is -1.19. The molecule has 1 aromatic carbocycles. The van der Waals surface area contributed by atoms with E-state index in [9.17, 15) is 10.2 Å². The average Bonchev–Trinajstić information content (AvgIpc) is 2.34. The van der Waals surface area contributed by atoms with Gasteiger partial charge in [-0.15, -0.1) is 0 Å². The zero-order valence-corrected chi connectivity index (χ0v) is 9.92. The van der Waals surface area contributed by atoms with E-state index < -0.39 is 11.7 Å². The smallest absolute Gasteiger partial charge is 0.0995 e. The van der Waals surface area contributed by atoms with Crippen LogP contribution < -0.4 is 0 Å². The quantitative estimate of drug-likeness (QED) is 0.744. The normalized spacial score (nSPS) is 33.6. The molecule has 0 amide bonds. The van der Waals surface area contributed by atoms with Gasteiger partial charge in [-0.1, -0.05) is 36.8 Å². The third kappa shape index (κ3) is 2.37. The maximum Gasteiger partial charge on any atom is 0.0995 e. The topological polar surface area (TPSA) is 60.7 Å². The summed E-state index contributed by atoms with van der Waals surface area (Å²) in [5.74, 6) is -0.0837. The summed E-state index contributed by atoms with van der Waals surface area (Å²) in [6.45, 7) is -0.100. The van der Waals surface area contributed by atoms with Crippen molar-refractivity contribution in [1.29, 1.82) is 0 Å². The molecule has 2 rings (SSSR count). The van der Waals surface area contributed by atoms with E-state index in [4.69, 9.17) is 5.11 Å². The lowest BCUT2D eigenvalue weighted by Crippen LogP contribution is -2.50. The second-order valence-electron chi connectivity index (χ2n) is 4.87. The van der Waals surface area contributed by atoms with Crippen LogP contribution >= 0.6 is 0 Å². The van der Waals surface area contributed by atoms with E-state index in [0.29, 0.717) is 6.42 Å². The molecule has 0 spiro atoms. The maximum absolute atomic E-state index is 10.6. The predicted octanol–water partition coefficient (Wildman–Crippen LogP) is 1.43. The highest BCUT2D eigenvalue weighted by atomic mass is 16.3. The first-order valence-corrected chi connectivity index (χ1v) is 6.24. The van der Waals surface area contributed by atoms with Crippen molar-refractivity contribution in [3.63, 3.8) is 0 Å². The van der Waals surface area contributed by atoms with Gasteiger partial charge < -0.3 is 15.3 Å². The Bertz CT molecular complexity index is 352. The Kier molecular flexibility index (Phi) is 3.82. The summed E-state index contributed by atoms with van der Waals surface area (Å²) < 4.78 is 0. The lowest BCUT2D eigenvalue weighted by Gasteiger charge is -2.43. The average molecular weight is 236 g/mol. The molecule has 3 atom stereocenters. The number of aliphatic hydroxyl groups is 3. The molecule has 1 aliphatic rings. The molecular weight excluding hydrogens is 216 g/mol. The molecular formula is C14H20O3. The van der Waals surface area contributed by atoms with Crippen LogP contribution in [0.3, 0.4) is 0 Å². The van der Waals surface area contributed by atoms with Crippen molar-refractivity contribution < 1.29 is 15.3 Å². The Morgan fingerprint density at radius 3 is 2.53 bits per heavy atom. The Morgan fingerprint density at radius 1 is 1.18 bits per heavy atom. The van der Waals surface area contributed by atoms with Crippen LogP contribution in [0.1, 0.15) is 37.2 Å². The van der Waals surface area contributed by atoms with Crippen LogP contribution in [0.15, 0.2) is 30.3 Å². The van der Waals surface area contributed by atoms with Crippen molar-refractivity contribution in [3.8, 4) is 0 Å². The van der Waals surface area contributed by atoms with Gasteiger partial charge in [0.05, 0.1) is 11.7 Å². The van der Waals surface area contributed by atoms with Crippen LogP contribution in [0.4, 0.5) is 0 Å².